The third-order valence-electron chi connectivity index (χ3n) is 5.09. The third-order valence-corrected chi connectivity index (χ3v) is 5.09. The number of benzene rings is 2. The Morgan fingerprint density at radius 2 is 1.50 bits per heavy atom. The van der Waals surface area contributed by atoms with Gasteiger partial charge in [-0.25, -0.2) is 0 Å². The first-order valence-corrected chi connectivity index (χ1v) is 7.91. The number of hydrogen-bond donors (Lipinski definition) is 1. The van der Waals surface area contributed by atoms with Gasteiger partial charge in [0, 0.05) is 24.2 Å². The molecule has 1 saturated heterocycles. The smallest absolute Gasteiger partial charge is 0.221 e. The lowest BCUT2D eigenvalue weighted by molar-refractivity contribution is -0.244. The molecule has 1 atom stereocenters. The van der Waals surface area contributed by atoms with Crippen molar-refractivity contribution in [3.63, 3.8) is 0 Å². The van der Waals surface area contributed by atoms with E-state index in [0.29, 0.717) is 0 Å². The predicted octanol–water partition coefficient (Wildman–Crippen LogP) is 2.83. The second-order valence-corrected chi connectivity index (χ2v) is 6.46. The Morgan fingerprint density at radius 3 is 2.18 bits per heavy atom. The lowest BCUT2D eigenvalue weighted by atomic mass is 9.83. The first-order chi connectivity index (χ1) is 10.6. The largest absolute Gasteiger partial charge is 0.358 e. The van der Waals surface area contributed by atoms with Crippen LogP contribution in [-0.4, -0.2) is 30.1 Å². The fraction of sp³-hybridized carbons (Fsp3) is 0.368. The average molecular weight is 295 g/mol. The maximum absolute atomic E-state index is 11.4. The Morgan fingerprint density at radius 1 is 0.909 bits per heavy atom. The molecule has 22 heavy (non-hydrogen) atoms. The van der Waals surface area contributed by atoms with Crippen LogP contribution < -0.4 is 0 Å². The van der Waals surface area contributed by atoms with E-state index < -0.39 is 5.79 Å². The van der Waals surface area contributed by atoms with Gasteiger partial charge in [0.2, 0.25) is 5.79 Å². The fourth-order valence-corrected chi connectivity index (χ4v) is 3.80. The van der Waals surface area contributed by atoms with Crippen LogP contribution in [0.5, 0.6) is 0 Å². The van der Waals surface area contributed by atoms with E-state index in [4.69, 9.17) is 4.74 Å². The van der Waals surface area contributed by atoms with Crippen molar-refractivity contribution in [3.05, 3.63) is 71.3 Å². The average Bonchev–Trinajstić information content (AvgIpc) is 2.82. The maximum Gasteiger partial charge on any atom is 0.221 e. The monoisotopic (exact) mass is 295 g/mol. The Bertz CT molecular complexity index is 677. The minimum absolute atomic E-state index is 0.367. The van der Waals surface area contributed by atoms with Gasteiger partial charge in [-0.1, -0.05) is 54.6 Å². The number of nitrogens with zero attached hydrogens (tertiary/aromatic N) is 1. The second-order valence-electron chi connectivity index (χ2n) is 6.46. The lowest BCUT2D eigenvalue weighted by Crippen LogP contribution is -2.42. The highest BCUT2D eigenvalue weighted by Crippen LogP contribution is 2.53. The molecule has 0 aliphatic carbocycles. The van der Waals surface area contributed by atoms with Crippen LogP contribution in [-0.2, 0) is 16.1 Å². The minimum atomic E-state index is -1.34. The third kappa shape index (κ3) is 1.93. The van der Waals surface area contributed by atoms with Crippen molar-refractivity contribution in [1.29, 1.82) is 0 Å². The van der Waals surface area contributed by atoms with Crippen molar-refractivity contribution < 1.29 is 9.84 Å². The molecule has 1 spiro atoms. The van der Waals surface area contributed by atoms with Gasteiger partial charge >= 0.3 is 0 Å². The number of ether oxygens (including phenoxy) is 1. The van der Waals surface area contributed by atoms with E-state index in [9.17, 15) is 5.11 Å². The highest BCUT2D eigenvalue weighted by Gasteiger charge is 2.54. The lowest BCUT2D eigenvalue weighted by Gasteiger charge is -2.39. The molecule has 2 aliphatic rings. The summed E-state index contributed by atoms with van der Waals surface area (Å²) in [6.07, 6.45) is 1.82. The molecule has 0 radical (unpaired) electrons. The van der Waals surface area contributed by atoms with Gasteiger partial charge in [0.15, 0.2) is 0 Å². The minimum Gasteiger partial charge on any atom is -0.358 e. The number of piperidine rings is 1. The van der Waals surface area contributed by atoms with Crippen LogP contribution in [0.1, 0.15) is 29.5 Å². The molecular weight excluding hydrogens is 274 g/mol. The van der Waals surface area contributed by atoms with E-state index in [1.165, 1.54) is 0 Å². The molecule has 114 valence electrons. The zero-order valence-corrected chi connectivity index (χ0v) is 12.8. The molecule has 1 N–H and O–H groups in total. The van der Waals surface area contributed by atoms with Crippen LogP contribution in [0.15, 0.2) is 54.6 Å². The number of likely N-dealkylation sites (tertiary alicyclic amines) is 1. The van der Waals surface area contributed by atoms with Crippen LogP contribution in [0.2, 0.25) is 0 Å². The zero-order chi connectivity index (χ0) is 15.2. The summed E-state index contributed by atoms with van der Waals surface area (Å²) in [5, 5.41) is 11.4. The highest BCUT2D eigenvalue weighted by atomic mass is 16.6. The van der Waals surface area contributed by atoms with E-state index >= 15 is 0 Å². The quantitative estimate of drug-likeness (QED) is 0.878. The molecule has 0 saturated carbocycles. The van der Waals surface area contributed by atoms with E-state index in [1.54, 1.807) is 0 Å². The molecule has 2 aromatic rings. The SMILES string of the molecule is CN1CCC2(CC1)OC(O)(c1ccccc1)c1ccccc12. The number of rotatable bonds is 1. The van der Waals surface area contributed by atoms with Crippen molar-refractivity contribution in [3.8, 4) is 0 Å². The second kappa shape index (κ2) is 4.92. The molecule has 0 bridgehead atoms. The van der Waals surface area contributed by atoms with Crippen LogP contribution >= 0.6 is 0 Å². The summed E-state index contributed by atoms with van der Waals surface area (Å²) < 4.78 is 6.41. The molecule has 1 unspecified atom stereocenters. The van der Waals surface area contributed by atoms with Gasteiger partial charge in [-0.15, -0.1) is 0 Å². The maximum atomic E-state index is 11.4. The van der Waals surface area contributed by atoms with Crippen molar-refractivity contribution >= 4 is 0 Å². The van der Waals surface area contributed by atoms with Gasteiger partial charge in [-0.3, -0.25) is 0 Å². The van der Waals surface area contributed by atoms with Gasteiger partial charge in [0.05, 0.1) is 0 Å². The van der Waals surface area contributed by atoms with Crippen molar-refractivity contribution in [2.75, 3.05) is 20.1 Å². The van der Waals surface area contributed by atoms with Crippen molar-refractivity contribution in [2.24, 2.45) is 0 Å². The molecule has 0 aromatic heterocycles. The first kappa shape index (κ1) is 13.9. The van der Waals surface area contributed by atoms with Crippen LogP contribution in [0.4, 0.5) is 0 Å². The van der Waals surface area contributed by atoms with Gasteiger partial charge < -0.3 is 14.7 Å². The summed E-state index contributed by atoms with van der Waals surface area (Å²) in [5.41, 5.74) is 2.48. The Labute approximate surface area is 131 Å². The summed E-state index contributed by atoms with van der Waals surface area (Å²) >= 11 is 0. The topological polar surface area (TPSA) is 32.7 Å². The zero-order valence-electron chi connectivity index (χ0n) is 12.8. The van der Waals surface area contributed by atoms with Gasteiger partial charge in [-0.2, -0.15) is 0 Å². The Hall–Kier alpha value is -1.68. The van der Waals surface area contributed by atoms with Crippen LogP contribution in [0, 0.1) is 0 Å². The molecular formula is C19H21NO2. The fourth-order valence-electron chi connectivity index (χ4n) is 3.80. The normalized spacial score (nSPS) is 27.0. The molecule has 3 heteroatoms. The molecule has 2 aromatic carbocycles. The van der Waals surface area contributed by atoms with Crippen LogP contribution in [0.3, 0.4) is 0 Å². The van der Waals surface area contributed by atoms with E-state index in [2.05, 4.69) is 18.0 Å². The van der Waals surface area contributed by atoms with Crippen molar-refractivity contribution in [1.82, 2.24) is 4.90 Å². The standard InChI is InChI=1S/C19H21NO2/c1-20-13-11-18(12-14-20)16-9-5-6-10-17(16)19(21,22-18)15-7-3-2-4-8-15/h2-10,21H,11-14H2,1H3. The van der Waals surface area contributed by atoms with Gasteiger partial charge in [0.25, 0.3) is 0 Å². The van der Waals surface area contributed by atoms with Gasteiger partial charge in [0.1, 0.15) is 5.60 Å². The summed E-state index contributed by atoms with van der Waals surface area (Å²) in [7, 11) is 2.14. The summed E-state index contributed by atoms with van der Waals surface area (Å²) in [6, 6.07) is 17.8. The first-order valence-electron chi connectivity index (χ1n) is 7.91. The molecule has 1 fully saturated rings. The summed E-state index contributed by atoms with van der Waals surface area (Å²) in [5.74, 6) is -1.34. The number of aliphatic hydroxyl groups is 1. The highest BCUT2D eigenvalue weighted by molar-refractivity contribution is 5.46. The van der Waals surface area contributed by atoms with Gasteiger partial charge in [-0.05, 0) is 25.5 Å². The predicted molar refractivity (Wildman–Crippen MR) is 85.4 cm³/mol. The molecule has 2 heterocycles. The molecule has 0 amide bonds. The summed E-state index contributed by atoms with van der Waals surface area (Å²) in [6.45, 7) is 1.97. The van der Waals surface area contributed by atoms with E-state index in [1.807, 2.05) is 48.5 Å². The molecule has 4 rings (SSSR count). The van der Waals surface area contributed by atoms with E-state index in [-0.39, 0.29) is 5.60 Å². The molecule has 2 aliphatic heterocycles. The summed E-state index contributed by atoms with van der Waals surface area (Å²) in [4.78, 5) is 2.32. The number of fused-ring (bicyclic) bond motifs is 2. The van der Waals surface area contributed by atoms with Crippen molar-refractivity contribution in [2.45, 2.75) is 24.2 Å². The van der Waals surface area contributed by atoms with E-state index in [0.717, 1.165) is 42.6 Å². The Kier molecular flexibility index (Phi) is 3.12. The Balaban J connectivity index is 1.84. The molecule has 3 nitrogen and oxygen atoms in total. The number of hydrogen-bond acceptors (Lipinski definition) is 3. The van der Waals surface area contributed by atoms with Crippen LogP contribution in [0.25, 0.3) is 0 Å².